The summed E-state index contributed by atoms with van der Waals surface area (Å²) in [7, 11) is 1.28. The summed E-state index contributed by atoms with van der Waals surface area (Å²) in [6, 6.07) is 10.1. The summed E-state index contributed by atoms with van der Waals surface area (Å²) in [4.78, 5) is 23.9. The molecule has 2 aromatic rings. The lowest BCUT2D eigenvalue weighted by molar-refractivity contribution is -0.118. The van der Waals surface area contributed by atoms with Crippen molar-refractivity contribution in [2.75, 3.05) is 19.0 Å². The van der Waals surface area contributed by atoms with Crippen LogP contribution in [0.15, 0.2) is 36.4 Å². The van der Waals surface area contributed by atoms with E-state index < -0.39 is 11.9 Å². The Morgan fingerprint density at radius 1 is 1.26 bits per heavy atom. The van der Waals surface area contributed by atoms with Crippen LogP contribution in [-0.4, -0.2) is 31.2 Å². The third-order valence-electron chi connectivity index (χ3n) is 4.08. The van der Waals surface area contributed by atoms with Crippen molar-refractivity contribution in [2.24, 2.45) is 0 Å². The van der Waals surface area contributed by atoms with Crippen LogP contribution in [0, 0.1) is 0 Å². The molecule has 2 aromatic carbocycles. The molecule has 3 rings (SSSR count). The van der Waals surface area contributed by atoms with Gasteiger partial charge in [0.2, 0.25) is 0 Å². The van der Waals surface area contributed by atoms with E-state index in [1.807, 2.05) is 26.0 Å². The van der Waals surface area contributed by atoms with Gasteiger partial charge in [0, 0.05) is 12.0 Å². The first-order chi connectivity index (χ1) is 12.8. The number of anilines is 1. The molecule has 0 aliphatic carbocycles. The largest absolute Gasteiger partial charge is 0.483 e. The third kappa shape index (κ3) is 4.34. The van der Waals surface area contributed by atoms with Crippen molar-refractivity contribution in [2.45, 2.75) is 25.9 Å². The Morgan fingerprint density at radius 2 is 2.04 bits per heavy atom. The minimum atomic E-state index is -0.516. The van der Waals surface area contributed by atoms with E-state index in [-0.39, 0.29) is 17.8 Å². The van der Waals surface area contributed by atoms with Crippen molar-refractivity contribution < 1.29 is 23.8 Å². The molecule has 0 radical (unpaired) electrons. The number of rotatable bonds is 5. The second-order valence-electron chi connectivity index (χ2n) is 6.81. The van der Waals surface area contributed by atoms with Crippen LogP contribution in [0.3, 0.4) is 0 Å². The van der Waals surface area contributed by atoms with Crippen molar-refractivity contribution in [3.05, 3.63) is 52.5 Å². The summed E-state index contributed by atoms with van der Waals surface area (Å²) >= 11 is 6.09. The SMILES string of the molecule is COC(=O)c1ccc(Cl)c(NC(=O)COc2cccc3c2OC(C)(C)C3)c1. The van der Waals surface area contributed by atoms with E-state index in [4.69, 9.17) is 21.1 Å². The van der Waals surface area contributed by atoms with Crippen LogP contribution in [0.2, 0.25) is 5.02 Å². The lowest BCUT2D eigenvalue weighted by Gasteiger charge is -2.18. The normalized spacial score (nSPS) is 14.1. The molecule has 0 fully saturated rings. The van der Waals surface area contributed by atoms with Gasteiger partial charge in [0.15, 0.2) is 18.1 Å². The fourth-order valence-electron chi connectivity index (χ4n) is 2.90. The van der Waals surface area contributed by atoms with Gasteiger partial charge in [0.1, 0.15) is 5.60 Å². The average Bonchev–Trinajstić information content (AvgIpc) is 2.95. The van der Waals surface area contributed by atoms with Gasteiger partial charge in [-0.3, -0.25) is 4.79 Å². The average molecular weight is 390 g/mol. The minimum Gasteiger partial charge on any atom is -0.483 e. The zero-order valence-electron chi connectivity index (χ0n) is 15.3. The topological polar surface area (TPSA) is 73.9 Å². The van der Waals surface area contributed by atoms with E-state index in [2.05, 4.69) is 10.1 Å². The lowest BCUT2D eigenvalue weighted by atomic mass is 10.0. The minimum absolute atomic E-state index is 0.223. The van der Waals surface area contributed by atoms with Gasteiger partial charge in [-0.2, -0.15) is 0 Å². The molecule has 1 N–H and O–H groups in total. The molecule has 1 heterocycles. The first kappa shape index (κ1) is 19.0. The quantitative estimate of drug-likeness (QED) is 0.786. The molecule has 27 heavy (non-hydrogen) atoms. The molecule has 1 amide bonds. The number of methoxy groups -OCH3 is 1. The Kier molecular flexibility index (Phi) is 5.28. The smallest absolute Gasteiger partial charge is 0.337 e. The Morgan fingerprint density at radius 3 is 2.78 bits per heavy atom. The highest BCUT2D eigenvalue weighted by molar-refractivity contribution is 6.33. The summed E-state index contributed by atoms with van der Waals surface area (Å²) in [6.45, 7) is 3.78. The van der Waals surface area contributed by atoms with Gasteiger partial charge >= 0.3 is 5.97 Å². The number of ether oxygens (including phenoxy) is 3. The van der Waals surface area contributed by atoms with E-state index in [0.717, 1.165) is 12.0 Å². The van der Waals surface area contributed by atoms with Crippen molar-refractivity contribution in [3.63, 3.8) is 0 Å². The molecule has 0 bridgehead atoms. The van der Waals surface area contributed by atoms with Crippen LogP contribution in [0.1, 0.15) is 29.8 Å². The summed E-state index contributed by atoms with van der Waals surface area (Å²) in [6.07, 6.45) is 0.779. The van der Waals surface area contributed by atoms with E-state index in [1.54, 1.807) is 6.07 Å². The van der Waals surface area contributed by atoms with Crippen LogP contribution >= 0.6 is 11.6 Å². The highest BCUT2D eigenvalue weighted by Gasteiger charge is 2.32. The van der Waals surface area contributed by atoms with E-state index in [1.165, 1.54) is 25.3 Å². The maximum Gasteiger partial charge on any atom is 0.337 e. The van der Waals surface area contributed by atoms with Crippen LogP contribution in [-0.2, 0) is 16.0 Å². The fourth-order valence-corrected chi connectivity index (χ4v) is 3.06. The molecular weight excluding hydrogens is 370 g/mol. The molecule has 0 spiro atoms. The molecule has 7 heteroatoms. The molecule has 0 aromatic heterocycles. The number of benzene rings is 2. The Balaban J connectivity index is 1.67. The number of fused-ring (bicyclic) bond motifs is 1. The number of hydrogen-bond acceptors (Lipinski definition) is 5. The monoisotopic (exact) mass is 389 g/mol. The second kappa shape index (κ2) is 7.48. The first-order valence-corrected chi connectivity index (χ1v) is 8.78. The maximum absolute atomic E-state index is 12.3. The van der Waals surface area contributed by atoms with Gasteiger partial charge in [-0.05, 0) is 38.1 Å². The third-order valence-corrected chi connectivity index (χ3v) is 4.40. The Bertz CT molecular complexity index is 894. The number of carbonyl (C=O) groups excluding carboxylic acids is 2. The van der Waals surface area contributed by atoms with Crippen LogP contribution in [0.4, 0.5) is 5.69 Å². The zero-order valence-corrected chi connectivity index (χ0v) is 16.1. The van der Waals surface area contributed by atoms with E-state index in [0.29, 0.717) is 22.2 Å². The van der Waals surface area contributed by atoms with E-state index in [9.17, 15) is 9.59 Å². The predicted molar refractivity (Wildman–Crippen MR) is 102 cm³/mol. The molecular formula is C20H20ClNO5. The van der Waals surface area contributed by atoms with Gasteiger partial charge in [0.25, 0.3) is 5.91 Å². The molecule has 6 nitrogen and oxygen atoms in total. The molecule has 1 aliphatic rings. The second-order valence-corrected chi connectivity index (χ2v) is 7.21. The lowest BCUT2D eigenvalue weighted by Crippen LogP contribution is -2.25. The standard InChI is InChI=1S/C20H20ClNO5/c1-20(2)10-13-5-4-6-16(18(13)27-20)26-11-17(23)22-15-9-12(19(24)25-3)7-8-14(15)21/h4-9H,10-11H2,1-3H3,(H,22,23). The Hall–Kier alpha value is -2.73. The van der Waals surface area contributed by atoms with Crippen LogP contribution in [0.25, 0.3) is 0 Å². The number of amides is 1. The summed E-state index contributed by atoms with van der Waals surface area (Å²) in [5, 5.41) is 2.95. The fraction of sp³-hybridized carbons (Fsp3) is 0.300. The molecule has 0 saturated carbocycles. The number of para-hydroxylation sites is 1. The van der Waals surface area contributed by atoms with E-state index >= 15 is 0 Å². The van der Waals surface area contributed by atoms with Gasteiger partial charge in [-0.1, -0.05) is 23.7 Å². The van der Waals surface area contributed by atoms with Gasteiger partial charge in [0.05, 0.1) is 23.4 Å². The number of carbonyl (C=O) groups is 2. The predicted octanol–water partition coefficient (Wildman–Crippen LogP) is 3.86. The van der Waals surface area contributed by atoms with Crippen molar-refractivity contribution >= 4 is 29.2 Å². The molecule has 1 aliphatic heterocycles. The van der Waals surface area contributed by atoms with Crippen LogP contribution in [0.5, 0.6) is 11.5 Å². The van der Waals surface area contributed by atoms with Gasteiger partial charge in [-0.25, -0.2) is 4.79 Å². The number of nitrogens with one attached hydrogen (secondary N) is 1. The number of hydrogen-bond donors (Lipinski definition) is 1. The van der Waals surface area contributed by atoms with Crippen LogP contribution < -0.4 is 14.8 Å². The first-order valence-electron chi connectivity index (χ1n) is 8.40. The van der Waals surface area contributed by atoms with Crippen molar-refractivity contribution in [1.29, 1.82) is 0 Å². The highest BCUT2D eigenvalue weighted by Crippen LogP contribution is 2.41. The maximum atomic E-state index is 12.3. The van der Waals surface area contributed by atoms with Crippen molar-refractivity contribution in [1.82, 2.24) is 0 Å². The number of halogens is 1. The molecule has 142 valence electrons. The molecule has 0 unspecified atom stereocenters. The zero-order chi connectivity index (χ0) is 19.6. The van der Waals surface area contributed by atoms with Gasteiger partial charge < -0.3 is 19.5 Å². The number of esters is 1. The van der Waals surface area contributed by atoms with Gasteiger partial charge in [-0.15, -0.1) is 0 Å². The summed E-state index contributed by atoms with van der Waals surface area (Å²) in [5.74, 6) is 0.260. The molecule has 0 saturated heterocycles. The Labute approximate surface area is 162 Å². The molecule has 0 atom stereocenters. The van der Waals surface area contributed by atoms with Crippen molar-refractivity contribution in [3.8, 4) is 11.5 Å². The summed E-state index contributed by atoms with van der Waals surface area (Å²) in [5.41, 5.74) is 1.34. The highest BCUT2D eigenvalue weighted by atomic mass is 35.5. The summed E-state index contributed by atoms with van der Waals surface area (Å²) < 4.78 is 16.2.